The number of hydrogen-bond donors (Lipinski definition) is 0. The van der Waals surface area contributed by atoms with Crippen molar-refractivity contribution in [3.63, 3.8) is 0 Å². The average molecular weight is 886 g/mol. The van der Waals surface area contributed by atoms with E-state index in [1.54, 1.807) is 0 Å². The first-order chi connectivity index (χ1) is 32.5. The molecule has 0 aliphatic carbocycles. The van der Waals surface area contributed by atoms with E-state index in [1.807, 2.05) is 0 Å². The second-order valence-electron chi connectivity index (χ2n) is 17.1. The molecule has 0 unspecified atom stereocenters. The summed E-state index contributed by atoms with van der Waals surface area (Å²) in [5, 5.41) is 4.66. The molecular weight excluding hydrogens is 839 g/mol. The van der Waals surface area contributed by atoms with Crippen LogP contribution >= 0.6 is 20.1 Å². The number of hydrogen-bond acceptors (Lipinski definition) is 1. The van der Waals surface area contributed by atoms with Crippen LogP contribution in [0.3, 0.4) is 0 Å². The molecule has 0 saturated carbocycles. The van der Waals surface area contributed by atoms with Crippen molar-refractivity contribution < 1.29 is 4.42 Å². The monoisotopic (exact) mass is 885 g/mol. The number of aryl methyl sites for hydroxylation is 2. The van der Waals surface area contributed by atoms with Gasteiger partial charge in [0.1, 0.15) is 5.58 Å². The summed E-state index contributed by atoms with van der Waals surface area (Å²) >= 11 is 0. The molecule has 0 spiro atoms. The van der Waals surface area contributed by atoms with Gasteiger partial charge in [0.2, 0.25) is 0 Å². The number of furan rings is 1. The third-order valence-electron chi connectivity index (χ3n) is 13.1. The molecular formula is C62H47NOS2. The van der Waals surface area contributed by atoms with E-state index < -0.39 is 20.1 Å². The Bertz CT molecular complexity index is 3440. The second kappa shape index (κ2) is 16.2. The van der Waals surface area contributed by atoms with Crippen molar-refractivity contribution >= 4 is 63.8 Å². The molecule has 4 heteroatoms. The summed E-state index contributed by atoms with van der Waals surface area (Å²) in [6.07, 6.45) is 0. The molecule has 2 nitrogen and oxygen atoms in total. The van der Waals surface area contributed by atoms with E-state index in [9.17, 15) is 0 Å². The van der Waals surface area contributed by atoms with E-state index in [1.165, 1.54) is 61.1 Å². The molecule has 0 amide bonds. The van der Waals surface area contributed by atoms with Crippen LogP contribution in [0.15, 0.2) is 292 Å². The molecule has 2 heterocycles. The molecule has 0 atom stereocenters. The number of aromatic nitrogens is 1. The van der Waals surface area contributed by atoms with Gasteiger partial charge in [0, 0.05) is 60.7 Å². The predicted molar refractivity (Wildman–Crippen MR) is 277 cm³/mol. The van der Waals surface area contributed by atoms with E-state index in [0.717, 1.165) is 38.7 Å². The number of rotatable bonds is 9. The summed E-state index contributed by atoms with van der Waals surface area (Å²) in [4.78, 5) is 10.2. The van der Waals surface area contributed by atoms with Crippen molar-refractivity contribution in [3.8, 4) is 5.69 Å². The zero-order valence-corrected chi connectivity index (χ0v) is 38.5. The molecule has 12 rings (SSSR count). The summed E-state index contributed by atoms with van der Waals surface area (Å²) in [5.41, 5.74) is 7.54. The number of nitrogens with zero attached hydrogens (tertiary/aromatic N) is 1. The van der Waals surface area contributed by atoms with Crippen molar-refractivity contribution in [2.75, 3.05) is 0 Å². The molecule has 0 bridgehead atoms. The third-order valence-corrected chi connectivity index (χ3v) is 20.9. The van der Waals surface area contributed by atoms with E-state index in [2.05, 4.69) is 267 Å². The Morgan fingerprint density at radius 2 is 0.667 bits per heavy atom. The molecule has 0 fully saturated rings. The minimum Gasteiger partial charge on any atom is -0.454 e. The number of benzene rings is 10. The Kier molecular flexibility index (Phi) is 9.82. The van der Waals surface area contributed by atoms with Crippen LogP contribution in [-0.4, -0.2) is 4.57 Å². The molecule has 12 aromatic rings. The lowest BCUT2D eigenvalue weighted by molar-refractivity contribution is 0.665. The van der Waals surface area contributed by atoms with E-state index in [0.29, 0.717) is 0 Å². The van der Waals surface area contributed by atoms with Gasteiger partial charge in [-0.15, -0.1) is 20.1 Å². The standard InChI is InChI=1S/C62H47NOS2/c1-44-33-36-58-54(39-44)55-40-45(2)34-37-59(55)63(58)60-43-53(66(49-27-15-6-16-28-49,50-29-17-7-18-30-50)51-31-19-8-20-32-51)42-57-56-41-52(35-38-61(56)64-62(57)60)65(46-21-9-3-10-22-46,47-23-11-4-12-24-47)48-25-13-5-14-26-48/h3-43H,1-2H3. The molecule has 0 radical (unpaired) electrons. The zero-order chi connectivity index (χ0) is 44.2. The Morgan fingerprint density at radius 3 is 1.06 bits per heavy atom. The molecule has 318 valence electrons. The van der Waals surface area contributed by atoms with Crippen molar-refractivity contribution in [1.82, 2.24) is 4.57 Å². The van der Waals surface area contributed by atoms with Gasteiger partial charge >= 0.3 is 0 Å². The van der Waals surface area contributed by atoms with Crippen molar-refractivity contribution in [2.24, 2.45) is 0 Å². The van der Waals surface area contributed by atoms with Gasteiger partial charge in [-0.25, -0.2) is 0 Å². The molecule has 0 saturated heterocycles. The van der Waals surface area contributed by atoms with Crippen LogP contribution in [0.2, 0.25) is 0 Å². The van der Waals surface area contributed by atoms with Gasteiger partial charge in [0.15, 0.2) is 5.58 Å². The molecule has 0 N–H and O–H groups in total. The average Bonchev–Trinajstić information content (AvgIpc) is 3.91. The van der Waals surface area contributed by atoms with Crippen LogP contribution in [0.1, 0.15) is 11.1 Å². The first-order valence-electron chi connectivity index (χ1n) is 22.5. The summed E-state index contributed by atoms with van der Waals surface area (Å²) in [6, 6.07) is 92.5. The highest BCUT2D eigenvalue weighted by atomic mass is 32.3. The fourth-order valence-corrected chi connectivity index (χ4v) is 18.0. The van der Waals surface area contributed by atoms with Gasteiger partial charge in [0.05, 0.1) is 16.7 Å². The lowest BCUT2D eigenvalue weighted by Crippen LogP contribution is -2.06. The molecule has 2 aromatic heterocycles. The molecule has 66 heavy (non-hydrogen) atoms. The smallest absolute Gasteiger partial charge is 0.159 e. The van der Waals surface area contributed by atoms with Gasteiger partial charge in [-0.3, -0.25) is 0 Å². The van der Waals surface area contributed by atoms with Crippen LogP contribution in [-0.2, 0) is 0 Å². The van der Waals surface area contributed by atoms with Crippen molar-refractivity contribution in [1.29, 1.82) is 0 Å². The van der Waals surface area contributed by atoms with Crippen LogP contribution in [0.5, 0.6) is 0 Å². The second-order valence-corrected chi connectivity index (χ2v) is 23.3. The van der Waals surface area contributed by atoms with E-state index in [4.69, 9.17) is 4.42 Å². The fourth-order valence-electron chi connectivity index (χ4n) is 10.2. The maximum atomic E-state index is 7.32. The highest BCUT2D eigenvalue weighted by Gasteiger charge is 2.37. The van der Waals surface area contributed by atoms with Crippen LogP contribution in [0, 0.1) is 13.8 Å². The maximum absolute atomic E-state index is 7.32. The highest BCUT2D eigenvalue weighted by molar-refractivity contribution is 8.34. The van der Waals surface area contributed by atoms with Crippen LogP contribution < -0.4 is 0 Å². The van der Waals surface area contributed by atoms with Crippen molar-refractivity contribution in [3.05, 3.63) is 260 Å². The minimum absolute atomic E-state index is 0.863. The van der Waals surface area contributed by atoms with Gasteiger partial charge in [-0.2, -0.15) is 0 Å². The molecule has 0 aliphatic heterocycles. The fraction of sp³-hybridized carbons (Fsp3) is 0.0323. The lowest BCUT2D eigenvalue weighted by atomic mass is 10.1. The maximum Gasteiger partial charge on any atom is 0.159 e. The minimum atomic E-state index is -2.10. The predicted octanol–water partition coefficient (Wildman–Crippen LogP) is 18.0. The lowest BCUT2D eigenvalue weighted by Gasteiger charge is -2.42. The summed E-state index contributed by atoms with van der Waals surface area (Å²) in [6.45, 7) is 4.38. The Hall–Kier alpha value is -7.50. The first-order valence-corrected chi connectivity index (χ1v) is 25.8. The van der Waals surface area contributed by atoms with Gasteiger partial charge in [0.25, 0.3) is 0 Å². The van der Waals surface area contributed by atoms with Gasteiger partial charge in [-0.05, 0) is 141 Å². The van der Waals surface area contributed by atoms with Gasteiger partial charge < -0.3 is 8.98 Å². The summed E-state index contributed by atoms with van der Waals surface area (Å²) in [7, 11) is -4.08. The quantitative estimate of drug-likeness (QED) is 0.141. The largest absolute Gasteiger partial charge is 0.454 e. The van der Waals surface area contributed by atoms with Crippen molar-refractivity contribution in [2.45, 2.75) is 53.0 Å². The molecule has 10 aromatic carbocycles. The summed E-state index contributed by atoms with van der Waals surface area (Å²) in [5.74, 6) is 0. The Labute approximate surface area is 389 Å². The highest BCUT2D eigenvalue weighted by Crippen LogP contribution is 2.75. The van der Waals surface area contributed by atoms with Crippen LogP contribution in [0.4, 0.5) is 0 Å². The zero-order valence-electron chi connectivity index (χ0n) is 36.8. The van der Waals surface area contributed by atoms with Gasteiger partial charge in [-0.1, -0.05) is 132 Å². The third kappa shape index (κ3) is 6.20. The Balaban J connectivity index is 1.27. The number of fused-ring (bicyclic) bond motifs is 6. The normalized spacial score (nSPS) is 12.6. The van der Waals surface area contributed by atoms with E-state index >= 15 is 0 Å². The van der Waals surface area contributed by atoms with Crippen LogP contribution in [0.25, 0.3) is 49.4 Å². The molecule has 0 aliphatic rings. The first kappa shape index (κ1) is 40.0. The summed E-state index contributed by atoms with van der Waals surface area (Å²) < 4.78 is 9.79. The Morgan fingerprint density at radius 1 is 0.303 bits per heavy atom. The SMILES string of the molecule is Cc1ccc2c(c1)c1cc(C)ccc1n2-c1cc(S(c2ccccc2)(c2ccccc2)c2ccccc2)cc2c1oc1ccc(S(c3ccccc3)(c3ccccc3)c3ccccc3)cc12. The topological polar surface area (TPSA) is 18.1 Å². The van der Waals surface area contributed by atoms with E-state index in [-0.39, 0.29) is 0 Å².